The van der Waals surface area contributed by atoms with E-state index < -0.39 is 53.9 Å². The predicted octanol–water partition coefficient (Wildman–Crippen LogP) is 2.29. The van der Waals surface area contributed by atoms with Gasteiger partial charge in [-0.3, -0.25) is 14.4 Å². The van der Waals surface area contributed by atoms with E-state index in [9.17, 15) is 24.3 Å². The summed E-state index contributed by atoms with van der Waals surface area (Å²) in [6.45, 7) is 8.99. The summed E-state index contributed by atoms with van der Waals surface area (Å²) in [6, 6.07) is 0. The van der Waals surface area contributed by atoms with Crippen LogP contribution in [0.5, 0.6) is 0 Å². The van der Waals surface area contributed by atoms with Crippen molar-refractivity contribution in [1.82, 2.24) is 10.6 Å². The first-order valence-corrected chi connectivity index (χ1v) is 13.4. The highest BCUT2D eigenvalue weighted by Gasteiger charge is 2.31. The summed E-state index contributed by atoms with van der Waals surface area (Å²) < 4.78 is 16.5. The number of nitrogens with one attached hydrogen (secondary N) is 2. The Bertz CT molecular complexity index is 1180. The molecule has 0 fully saturated rings. The van der Waals surface area contributed by atoms with E-state index in [0.717, 1.165) is 6.08 Å². The molecular formula is C30H41N3O8. The van der Waals surface area contributed by atoms with Gasteiger partial charge in [0.15, 0.2) is 6.10 Å². The lowest BCUT2D eigenvalue weighted by molar-refractivity contribution is -0.120. The molecule has 3 unspecified atom stereocenters. The Balaban J connectivity index is 2.56. The van der Waals surface area contributed by atoms with Gasteiger partial charge in [0.25, 0.3) is 5.91 Å². The fourth-order valence-corrected chi connectivity index (χ4v) is 4.70. The van der Waals surface area contributed by atoms with Gasteiger partial charge in [-0.1, -0.05) is 37.3 Å². The van der Waals surface area contributed by atoms with Crippen molar-refractivity contribution >= 4 is 23.6 Å². The third kappa shape index (κ3) is 9.10. The number of Topliss-reactive ketones (excluding diaryl/α,β-unsaturated/α-hetero) is 1. The highest BCUT2D eigenvalue weighted by atomic mass is 16.6. The van der Waals surface area contributed by atoms with Crippen LogP contribution in [0.25, 0.3) is 0 Å². The van der Waals surface area contributed by atoms with Gasteiger partial charge in [-0.2, -0.15) is 0 Å². The Morgan fingerprint density at radius 1 is 1.24 bits per heavy atom. The second kappa shape index (κ2) is 15.8. The smallest absolute Gasteiger partial charge is 0.405 e. The van der Waals surface area contributed by atoms with Crippen LogP contribution in [0, 0.1) is 5.92 Å². The van der Waals surface area contributed by atoms with Crippen molar-refractivity contribution in [2.24, 2.45) is 11.7 Å². The summed E-state index contributed by atoms with van der Waals surface area (Å²) in [6.07, 6.45) is 5.80. The number of allylic oxidation sites excluding steroid dienone is 4. The second-order valence-electron chi connectivity index (χ2n) is 9.95. The molecule has 2 aliphatic rings. The van der Waals surface area contributed by atoms with Crippen molar-refractivity contribution in [2.45, 2.75) is 64.4 Å². The van der Waals surface area contributed by atoms with E-state index in [2.05, 4.69) is 17.2 Å². The molecule has 0 radical (unpaired) electrons. The Kier molecular flexibility index (Phi) is 12.9. The standard InChI is InChI=1S/C30H41N3O8/c1-7-14-32-25-20-11-9-12-23(39-5)26(35)18(3)15-19(4)28(41-30(31)38)24(40-6)13-8-10-17(2)29(37)33-21(27(20)36)16-22(25)34/h7-8,10,13,15-16,18,23-24,26,28,32,35H,1,9,11-12,14H2,2-6H3,(H2,31,38)(H,33,37)/b13-8-,17-10+,19-15+/t18-,23-,24?,26?,28?/m0/s1. The first-order chi connectivity index (χ1) is 19.4. The number of ketones is 2. The number of aliphatic hydroxyl groups is 1. The molecule has 5 atom stereocenters. The number of hydrogen-bond donors (Lipinski definition) is 4. The van der Waals surface area contributed by atoms with Gasteiger partial charge in [0.2, 0.25) is 11.6 Å². The van der Waals surface area contributed by atoms with Gasteiger partial charge in [-0.25, -0.2) is 4.79 Å². The van der Waals surface area contributed by atoms with Gasteiger partial charge < -0.3 is 35.7 Å². The molecule has 0 spiro atoms. The van der Waals surface area contributed by atoms with Crippen LogP contribution >= 0.6 is 0 Å². The van der Waals surface area contributed by atoms with Gasteiger partial charge in [0.1, 0.15) is 6.10 Å². The molecular weight excluding hydrogens is 530 g/mol. The van der Waals surface area contributed by atoms with Gasteiger partial charge in [0.05, 0.1) is 23.6 Å². The number of ether oxygens (including phenoxy) is 3. The van der Waals surface area contributed by atoms with Crippen LogP contribution in [0.15, 0.2) is 71.1 Å². The lowest BCUT2D eigenvalue weighted by Crippen LogP contribution is -2.36. The highest BCUT2D eigenvalue weighted by molar-refractivity contribution is 6.23. The van der Waals surface area contributed by atoms with Crippen molar-refractivity contribution in [3.8, 4) is 0 Å². The summed E-state index contributed by atoms with van der Waals surface area (Å²) >= 11 is 0. The van der Waals surface area contributed by atoms with E-state index in [-0.39, 0.29) is 35.5 Å². The summed E-state index contributed by atoms with van der Waals surface area (Å²) in [5, 5.41) is 16.6. The molecule has 11 nitrogen and oxygen atoms in total. The topological polar surface area (TPSA) is 166 Å². The minimum atomic E-state index is -1.000. The van der Waals surface area contributed by atoms with Crippen LogP contribution in [0.3, 0.4) is 0 Å². The van der Waals surface area contributed by atoms with Crippen molar-refractivity contribution in [3.05, 3.63) is 71.1 Å². The lowest BCUT2D eigenvalue weighted by Gasteiger charge is -2.28. The number of methoxy groups -OCH3 is 2. The van der Waals surface area contributed by atoms with E-state index >= 15 is 0 Å². The quantitative estimate of drug-likeness (QED) is 0.276. The van der Waals surface area contributed by atoms with Gasteiger partial charge in [-0.05, 0) is 38.7 Å². The van der Waals surface area contributed by atoms with Crippen molar-refractivity contribution in [2.75, 3.05) is 20.8 Å². The number of carbonyl (C=O) groups excluding carboxylic acids is 4. The molecule has 11 heteroatoms. The van der Waals surface area contributed by atoms with Crippen molar-refractivity contribution in [3.63, 3.8) is 0 Å². The molecule has 5 N–H and O–H groups in total. The zero-order valence-electron chi connectivity index (χ0n) is 24.3. The maximum absolute atomic E-state index is 13.4. The largest absolute Gasteiger partial charge is 0.439 e. The van der Waals surface area contributed by atoms with E-state index in [1.54, 1.807) is 45.1 Å². The van der Waals surface area contributed by atoms with E-state index in [1.165, 1.54) is 20.3 Å². The van der Waals surface area contributed by atoms with E-state index in [1.807, 2.05) is 0 Å². The number of carbonyl (C=O) groups is 4. The third-order valence-electron chi connectivity index (χ3n) is 6.94. The molecule has 0 aromatic carbocycles. The summed E-state index contributed by atoms with van der Waals surface area (Å²) in [5.41, 5.74) is 6.42. The predicted molar refractivity (Wildman–Crippen MR) is 153 cm³/mol. The van der Waals surface area contributed by atoms with Gasteiger partial charge in [-0.15, -0.1) is 6.58 Å². The molecule has 0 aromatic rings. The Labute approximate surface area is 240 Å². The molecule has 2 bridgehead atoms. The van der Waals surface area contributed by atoms with E-state index in [0.29, 0.717) is 18.4 Å². The normalized spacial score (nSPS) is 30.2. The highest BCUT2D eigenvalue weighted by Crippen LogP contribution is 2.26. The third-order valence-corrected chi connectivity index (χ3v) is 6.94. The number of rotatable bonds is 6. The van der Waals surface area contributed by atoms with Gasteiger partial charge >= 0.3 is 6.09 Å². The maximum Gasteiger partial charge on any atom is 0.405 e. The molecule has 2 rings (SSSR count). The van der Waals surface area contributed by atoms with Crippen LogP contribution in [0.4, 0.5) is 4.79 Å². The molecule has 0 aromatic heterocycles. The Morgan fingerprint density at radius 2 is 1.95 bits per heavy atom. The summed E-state index contributed by atoms with van der Waals surface area (Å²) in [7, 11) is 2.91. The molecule has 0 saturated heterocycles. The number of primary amides is 1. The monoisotopic (exact) mass is 571 g/mol. The number of aliphatic hydroxyl groups excluding tert-OH is 1. The minimum Gasteiger partial charge on any atom is -0.439 e. The zero-order chi connectivity index (χ0) is 30.7. The van der Waals surface area contributed by atoms with Crippen LogP contribution in [-0.4, -0.2) is 73.9 Å². The minimum absolute atomic E-state index is 0.129. The first-order valence-electron chi connectivity index (χ1n) is 13.4. The van der Waals surface area contributed by atoms with Crippen molar-refractivity contribution in [1.29, 1.82) is 0 Å². The average Bonchev–Trinajstić information content (AvgIpc) is 2.93. The fraction of sp³-hybridized carbons (Fsp3) is 0.467. The summed E-state index contributed by atoms with van der Waals surface area (Å²) in [4.78, 5) is 50.9. The number of hydrogen-bond acceptors (Lipinski definition) is 9. The average molecular weight is 572 g/mol. The number of fused-ring (bicyclic) bond motifs is 2. The molecule has 41 heavy (non-hydrogen) atoms. The maximum atomic E-state index is 13.4. The lowest BCUT2D eigenvalue weighted by atomic mass is 9.89. The molecule has 2 amide bonds. The molecule has 1 heterocycles. The molecule has 1 aliphatic heterocycles. The van der Waals surface area contributed by atoms with Crippen LogP contribution in [0.1, 0.15) is 40.0 Å². The van der Waals surface area contributed by atoms with Crippen LogP contribution in [-0.2, 0) is 28.6 Å². The number of amides is 2. The number of nitrogens with two attached hydrogens (primary N) is 1. The van der Waals surface area contributed by atoms with Gasteiger partial charge in [0, 0.05) is 43.9 Å². The zero-order valence-corrected chi connectivity index (χ0v) is 24.3. The van der Waals surface area contributed by atoms with E-state index in [4.69, 9.17) is 19.9 Å². The Morgan fingerprint density at radius 3 is 2.56 bits per heavy atom. The molecule has 1 aliphatic carbocycles. The second-order valence-corrected chi connectivity index (χ2v) is 9.95. The van der Waals surface area contributed by atoms with Crippen molar-refractivity contribution < 1.29 is 38.5 Å². The fourth-order valence-electron chi connectivity index (χ4n) is 4.70. The summed E-state index contributed by atoms with van der Waals surface area (Å²) in [5.74, 6) is -1.92. The molecule has 224 valence electrons. The van der Waals surface area contributed by atoms with Crippen LogP contribution < -0.4 is 16.4 Å². The first kappa shape index (κ1) is 33.4. The Hall–Kier alpha value is -3.80. The molecule has 0 saturated carbocycles. The van der Waals surface area contributed by atoms with Crippen LogP contribution in [0.2, 0.25) is 0 Å². The SMILES string of the molecule is C=CCNC1=C2CCC[C@H](OC)C(O)[C@@H](C)/C=C(\C)C(OC(N)=O)C(OC)/C=C\C=C(/C)C(=O)NC(=CC1=O)C2=O.